The van der Waals surface area contributed by atoms with Gasteiger partial charge in [-0.25, -0.2) is 9.18 Å². The van der Waals surface area contributed by atoms with Gasteiger partial charge in [-0.2, -0.15) is 0 Å². The largest absolute Gasteiger partial charge is 0.465 e. The Balaban J connectivity index is 2.04. The highest BCUT2D eigenvalue weighted by Gasteiger charge is 2.18. The number of hydrogen-bond donors (Lipinski definition) is 1. The van der Waals surface area contributed by atoms with Crippen LogP contribution in [0, 0.1) is 5.82 Å². The lowest BCUT2D eigenvalue weighted by Crippen LogP contribution is -2.15. The number of esters is 1. The molecule has 3 rings (SSSR count). The second-order valence-electron chi connectivity index (χ2n) is 5.16. The third-order valence-corrected chi connectivity index (χ3v) is 3.67. The molecule has 0 aliphatic carbocycles. The molecule has 0 atom stereocenters. The second kappa shape index (κ2) is 6.50. The zero-order valence-corrected chi connectivity index (χ0v) is 12.9. The van der Waals surface area contributed by atoms with Crippen molar-refractivity contribution in [3.8, 4) is 0 Å². The Morgan fingerprint density at radius 3 is 2.38 bits per heavy atom. The van der Waals surface area contributed by atoms with E-state index in [1.165, 1.54) is 31.4 Å². The molecule has 0 saturated heterocycles. The average molecular weight is 323 g/mol. The van der Waals surface area contributed by atoms with Crippen LogP contribution in [0.4, 0.5) is 10.1 Å². The normalized spacial score (nSPS) is 10.4. The molecule has 0 bridgehead atoms. The number of hydrogen-bond acceptors (Lipinski definition) is 3. The molecule has 0 spiro atoms. The van der Waals surface area contributed by atoms with Crippen LogP contribution in [0.1, 0.15) is 20.7 Å². The minimum atomic E-state index is -0.541. The molecular weight excluding hydrogens is 309 g/mol. The number of anilines is 1. The molecular formula is C19H14FNO3. The molecule has 0 aliphatic heterocycles. The monoisotopic (exact) mass is 323 g/mol. The fourth-order valence-corrected chi connectivity index (χ4v) is 2.49. The summed E-state index contributed by atoms with van der Waals surface area (Å²) in [5.74, 6) is -1.40. The third kappa shape index (κ3) is 2.96. The molecule has 4 nitrogen and oxygen atoms in total. The van der Waals surface area contributed by atoms with Gasteiger partial charge in [-0.3, -0.25) is 4.79 Å². The van der Waals surface area contributed by atoms with E-state index in [-0.39, 0.29) is 5.56 Å². The van der Waals surface area contributed by atoms with Crippen LogP contribution in [0.2, 0.25) is 0 Å². The summed E-state index contributed by atoms with van der Waals surface area (Å²) in [6.45, 7) is 0. The first kappa shape index (κ1) is 15.7. The van der Waals surface area contributed by atoms with Crippen LogP contribution >= 0.6 is 0 Å². The molecule has 0 aliphatic rings. The highest BCUT2D eigenvalue weighted by molar-refractivity contribution is 6.14. The number of methoxy groups -OCH3 is 1. The molecule has 0 heterocycles. The van der Waals surface area contributed by atoms with E-state index in [1.807, 2.05) is 18.2 Å². The summed E-state index contributed by atoms with van der Waals surface area (Å²) in [6.07, 6.45) is 0. The molecule has 0 aromatic heterocycles. The van der Waals surface area contributed by atoms with E-state index in [1.54, 1.807) is 18.2 Å². The standard InChI is InChI=1S/C19H14FNO3/c1-24-19(23)17-15-5-3-2-4-12(15)8-11-16(17)21-18(22)13-6-9-14(20)10-7-13/h2-11H,1H3,(H,21,22). The molecule has 0 radical (unpaired) electrons. The highest BCUT2D eigenvalue weighted by atomic mass is 19.1. The summed E-state index contributed by atoms with van der Waals surface area (Å²) in [7, 11) is 1.29. The first-order valence-electron chi connectivity index (χ1n) is 7.27. The van der Waals surface area contributed by atoms with E-state index >= 15 is 0 Å². The van der Waals surface area contributed by atoms with Crippen LogP contribution in [0.25, 0.3) is 10.8 Å². The zero-order chi connectivity index (χ0) is 17.1. The molecule has 120 valence electrons. The van der Waals surface area contributed by atoms with Crippen LogP contribution in [0.5, 0.6) is 0 Å². The number of benzene rings is 3. The minimum absolute atomic E-state index is 0.283. The van der Waals surface area contributed by atoms with Gasteiger partial charge in [-0.15, -0.1) is 0 Å². The van der Waals surface area contributed by atoms with Crippen LogP contribution in [-0.2, 0) is 4.74 Å². The predicted molar refractivity (Wildman–Crippen MR) is 89.6 cm³/mol. The van der Waals surface area contributed by atoms with Crippen molar-refractivity contribution in [1.82, 2.24) is 0 Å². The van der Waals surface area contributed by atoms with Gasteiger partial charge in [0.1, 0.15) is 5.82 Å². The smallest absolute Gasteiger partial charge is 0.340 e. The number of rotatable bonds is 3. The van der Waals surface area contributed by atoms with Gasteiger partial charge in [0.05, 0.1) is 18.4 Å². The fraction of sp³-hybridized carbons (Fsp3) is 0.0526. The van der Waals surface area contributed by atoms with E-state index in [9.17, 15) is 14.0 Å². The number of nitrogens with one attached hydrogen (secondary N) is 1. The molecule has 0 saturated carbocycles. The van der Waals surface area contributed by atoms with E-state index in [0.717, 1.165) is 5.39 Å². The maximum Gasteiger partial charge on any atom is 0.340 e. The summed E-state index contributed by atoms with van der Waals surface area (Å²) >= 11 is 0. The van der Waals surface area contributed by atoms with Gasteiger partial charge in [0.15, 0.2) is 0 Å². The number of amides is 1. The summed E-state index contributed by atoms with van der Waals surface area (Å²) in [4.78, 5) is 24.5. The molecule has 3 aromatic carbocycles. The Morgan fingerprint density at radius 2 is 1.67 bits per heavy atom. The predicted octanol–water partition coefficient (Wildman–Crippen LogP) is 4.02. The molecule has 24 heavy (non-hydrogen) atoms. The Kier molecular flexibility index (Phi) is 4.24. The van der Waals surface area contributed by atoms with Crippen molar-refractivity contribution >= 4 is 28.3 Å². The Morgan fingerprint density at radius 1 is 0.958 bits per heavy atom. The molecule has 3 aromatic rings. The maximum atomic E-state index is 13.0. The number of carbonyl (C=O) groups is 2. The second-order valence-corrected chi connectivity index (χ2v) is 5.16. The van der Waals surface area contributed by atoms with E-state index in [2.05, 4.69) is 5.32 Å². The van der Waals surface area contributed by atoms with Gasteiger partial charge in [-0.1, -0.05) is 30.3 Å². The summed E-state index contributed by atoms with van der Waals surface area (Å²) in [5.41, 5.74) is 0.918. The topological polar surface area (TPSA) is 55.4 Å². The Labute approximate surface area is 137 Å². The lowest BCUT2D eigenvalue weighted by molar-refractivity contribution is 0.0604. The molecule has 0 fully saturated rings. The van der Waals surface area contributed by atoms with Crippen LogP contribution in [0.15, 0.2) is 60.7 Å². The van der Waals surface area contributed by atoms with Crippen molar-refractivity contribution in [3.05, 3.63) is 77.6 Å². The van der Waals surface area contributed by atoms with Gasteiger partial charge in [0.25, 0.3) is 5.91 Å². The summed E-state index contributed by atoms with van der Waals surface area (Å²) in [6, 6.07) is 15.9. The van der Waals surface area contributed by atoms with Crippen molar-refractivity contribution in [2.75, 3.05) is 12.4 Å². The number of halogens is 1. The van der Waals surface area contributed by atoms with Crippen molar-refractivity contribution in [2.24, 2.45) is 0 Å². The van der Waals surface area contributed by atoms with Gasteiger partial charge in [-0.05, 0) is 41.1 Å². The first-order chi connectivity index (χ1) is 11.6. The Bertz CT molecular complexity index is 920. The summed E-state index contributed by atoms with van der Waals surface area (Å²) in [5, 5.41) is 4.23. The third-order valence-electron chi connectivity index (χ3n) is 3.67. The van der Waals surface area contributed by atoms with Gasteiger partial charge >= 0.3 is 5.97 Å². The minimum Gasteiger partial charge on any atom is -0.465 e. The molecule has 0 unspecified atom stereocenters. The number of ether oxygens (including phenoxy) is 1. The lowest BCUT2D eigenvalue weighted by Gasteiger charge is -2.12. The quantitative estimate of drug-likeness (QED) is 0.741. The van der Waals surface area contributed by atoms with E-state index in [0.29, 0.717) is 16.6 Å². The molecule has 1 amide bonds. The van der Waals surface area contributed by atoms with Crippen molar-refractivity contribution in [3.63, 3.8) is 0 Å². The number of fused-ring (bicyclic) bond motifs is 1. The van der Waals surface area contributed by atoms with E-state index < -0.39 is 17.7 Å². The number of carbonyl (C=O) groups excluding carboxylic acids is 2. The summed E-state index contributed by atoms with van der Waals surface area (Å²) < 4.78 is 17.8. The van der Waals surface area contributed by atoms with Gasteiger partial charge in [0, 0.05) is 5.56 Å². The molecule has 1 N–H and O–H groups in total. The van der Waals surface area contributed by atoms with Crippen LogP contribution < -0.4 is 5.32 Å². The lowest BCUT2D eigenvalue weighted by atomic mass is 10.0. The van der Waals surface area contributed by atoms with Gasteiger partial charge < -0.3 is 10.1 Å². The van der Waals surface area contributed by atoms with Crippen LogP contribution in [-0.4, -0.2) is 19.0 Å². The SMILES string of the molecule is COC(=O)c1c(NC(=O)c2ccc(F)cc2)ccc2ccccc12. The van der Waals surface area contributed by atoms with Crippen molar-refractivity contribution in [1.29, 1.82) is 0 Å². The fourth-order valence-electron chi connectivity index (χ4n) is 2.49. The first-order valence-corrected chi connectivity index (χ1v) is 7.27. The van der Waals surface area contributed by atoms with Crippen molar-refractivity contribution < 1.29 is 18.7 Å². The molecule has 5 heteroatoms. The van der Waals surface area contributed by atoms with Crippen molar-refractivity contribution in [2.45, 2.75) is 0 Å². The maximum absolute atomic E-state index is 13.0. The van der Waals surface area contributed by atoms with E-state index in [4.69, 9.17) is 4.74 Å². The van der Waals surface area contributed by atoms with Crippen LogP contribution in [0.3, 0.4) is 0 Å². The Hall–Kier alpha value is -3.21. The highest BCUT2D eigenvalue weighted by Crippen LogP contribution is 2.27. The average Bonchev–Trinajstić information content (AvgIpc) is 2.61. The zero-order valence-electron chi connectivity index (χ0n) is 12.9. The van der Waals surface area contributed by atoms with Gasteiger partial charge in [0.2, 0.25) is 0 Å².